The van der Waals surface area contributed by atoms with Crippen LogP contribution in [-0.4, -0.2) is 25.3 Å². The van der Waals surface area contributed by atoms with Gasteiger partial charge in [0.05, 0.1) is 11.9 Å². The third-order valence-corrected chi connectivity index (χ3v) is 4.93. The fourth-order valence-electron chi connectivity index (χ4n) is 3.32. The average molecular weight is 387 g/mol. The van der Waals surface area contributed by atoms with E-state index in [-0.39, 0.29) is 11.5 Å². The minimum atomic E-state index is -0.386. The zero-order valence-electron chi connectivity index (χ0n) is 16.7. The van der Waals surface area contributed by atoms with Gasteiger partial charge in [-0.1, -0.05) is 23.3 Å². The first-order chi connectivity index (χ1) is 13.8. The molecule has 0 saturated heterocycles. The minimum absolute atomic E-state index is 0.325. The molecular weight excluding hydrogens is 366 g/mol. The number of carbonyl (C=O) groups excluding carboxylic acids is 1. The van der Waals surface area contributed by atoms with Gasteiger partial charge in [-0.25, -0.2) is 14.3 Å². The first kappa shape index (κ1) is 18.6. The molecule has 1 amide bonds. The molecule has 0 atom stereocenters. The van der Waals surface area contributed by atoms with Crippen LogP contribution in [0.15, 0.2) is 53.7 Å². The lowest BCUT2D eigenvalue weighted by atomic mass is 10.1. The van der Waals surface area contributed by atoms with Crippen molar-refractivity contribution in [3.63, 3.8) is 0 Å². The minimum Gasteiger partial charge on any atom is -0.267 e. The summed E-state index contributed by atoms with van der Waals surface area (Å²) in [5.41, 5.74) is 8.23. The second-order valence-corrected chi connectivity index (χ2v) is 7.30. The monoisotopic (exact) mass is 387 g/mol. The van der Waals surface area contributed by atoms with Crippen LogP contribution in [0.2, 0.25) is 0 Å². The van der Waals surface area contributed by atoms with Crippen molar-refractivity contribution < 1.29 is 4.79 Å². The summed E-state index contributed by atoms with van der Waals surface area (Å²) in [6.45, 7) is 7.90. The van der Waals surface area contributed by atoms with Crippen LogP contribution in [0.3, 0.4) is 0 Å². The number of aromatic nitrogens is 4. The zero-order valence-corrected chi connectivity index (χ0v) is 16.7. The van der Waals surface area contributed by atoms with Gasteiger partial charge in [-0.2, -0.15) is 5.10 Å². The molecule has 7 heteroatoms. The van der Waals surface area contributed by atoms with Gasteiger partial charge in [-0.15, -0.1) is 0 Å². The second-order valence-electron chi connectivity index (χ2n) is 7.30. The molecule has 0 spiro atoms. The Balaban J connectivity index is 1.71. The fraction of sp³-hybridized carbons (Fsp3) is 0.182. The van der Waals surface area contributed by atoms with E-state index in [1.807, 2.05) is 52.0 Å². The Kier molecular flexibility index (Phi) is 4.50. The summed E-state index contributed by atoms with van der Waals surface area (Å²) in [7, 11) is 0. The molecule has 0 radical (unpaired) electrons. The highest BCUT2D eigenvalue weighted by molar-refractivity contribution is 6.00. The maximum Gasteiger partial charge on any atom is 0.283 e. The van der Waals surface area contributed by atoms with Gasteiger partial charge in [0.2, 0.25) is 0 Å². The van der Waals surface area contributed by atoms with Gasteiger partial charge < -0.3 is 0 Å². The number of nitrogens with zero attached hydrogens (tertiary/aromatic N) is 4. The highest BCUT2D eigenvalue weighted by atomic mass is 16.2. The number of rotatable bonds is 3. The molecule has 146 valence electrons. The van der Waals surface area contributed by atoms with Crippen LogP contribution in [0, 0.1) is 27.7 Å². The molecule has 0 aliphatic heterocycles. The van der Waals surface area contributed by atoms with Crippen molar-refractivity contribution in [1.82, 2.24) is 19.4 Å². The molecule has 2 aromatic heterocycles. The van der Waals surface area contributed by atoms with E-state index in [0.717, 1.165) is 27.1 Å². The van der Waals surface area contributed by atoms with Crippen LogP contribution in [-0.2, 0) is 0 Å². The molecule has 29 heavy (non-hydrogen) atoms. The van der Waals surface area contributed by atoms with Crippen LogP contribution in [0.5, 0.6) is 0 Å². The third-order valence-electron chi connectivity index (χ3n) is 4.93. The van der Waals surface area contributed by atoms with Gasteiger partial charge in [-0.05, 0) is 63.1 Å². The predicted molar refractivity (Wildman–Crippen MR) is 112 cm³/mol. The molecule has 4 aromatic rings. The first-order valence-electron chi connectivity index (χ1n) is 9.26. The number of carbonyl (C=O) groups is 1. The summed E-state index contributed by atoms with van der Waals surface area (Å²) in [5, 5.41) is 4.65. The Labute approximate surface area is 167 Å². The van der Waals surface area contributed by atoms with Crippen molar-refractivity contribution in [3.05, 3.63) is 87.1 Å². The van der Waals surface area contributed by atoms with Gasteiger partial charge in [-0.3, -0.25) is 15.0 Å². The molecule has 0 fully saturated rings. The van der Waals surface area contributed by atoms with Gasteiger partial charge in [0.25, 0.3) is 11.5 Å². The summed E-state index contributed by atoms with van der Waals surface area (Å²) in [6, 6.07) is 11.5. The highest BCUT2D eigenvalue weighted by Gasteiger charge is 2.14. The van der Waals surface area contributed by atoms with Gasteiger partial charge in [0.15, 0.2) is 5.65 Å². The quantitative estimate of drug-likeness (QED) is 0.585. The average Bonchev–Trinajstić information content (AvgIpc) is 3.10. The lowest BCUT2D eigenvalue weighted by Gasteiger charge is -2.10. The van der Waals surface area contributed by atoms with Crippen LogP contribution >= 0.6 is 0 Å². The molecule has 0 aliphatic carbocycles. The smallest absolute Gasteiger partial charge is 0.267 e. The number of fused-ring (bicyclic) bond motifs is 1. The lowest BCUT2D eigenvalue weighted by molar-refractivity contribution is 0.101. The Morgan fingerprint density at radius 1 is 0.966 bits per heavy atom. The van der Waals surface area contributed by atoms with E-state index < -0.39 is 0 Å². The van der Waals surface area contributed by atoms with Crippen LogP contribution in [0.25, 0.3) is 16.7 Å². The summed E-state index contributed by atoms with van der Waals surface area (Å²) in [4.78, 5) is 29.8. The first-order valence-corrected chi connectivity index (χ1v) is 9.26. The molecule has 2 heterocycles. The molecular formula is C22H21N5O2. The summed E-state index contributed by atoms with van der Waals surface area (Å²) < 4.78 is 2.72. The maximum absolute atomic E-state index is 12.8. The highest BCUT2D eigenvalue weighted by Crippen LogP contribution is 2.17. The van der Waals surface area contributed by atoms with E-state index in [1.165, 1.54) is 18.1 Å². The molecule has 0 bridgehead atoms. The van der Waals surface area contributed by atoms with Crippen LogP contribution in [0.1, 0.15) is 32.6 Å². The van der Waals surface area contributed by atoms with Crippen molar-refractivity contribution in [2.24, 2.45) is 0 Å². The van der Waals surface area contributed by atoms with E-state index >= 15 is 0 Å². The lowest BCUT2D eigenvalue weighted by Crippen LogP contribution is -2.33. The van der Waals surface area contributed by atoms with E-state index in [1.54, 1.807) is 16.8 Å². The third kappa shape index (κ3) is 3.42. The van der Waals surface area contributed by atoms with Gasteiger partial charge in [0, 0.05) is 5.56 Å². The Bertz CT molecular complexity index is 1300. The summed E-state index contributed by atoms with van der Waals surface area (Å²) in [5.74, 6) is -0.374. The zero-order chi connectivity index (χ0) is 20.7. The number of hydrogen-bond donors (Lipinski definition) is 1. The number of benzene rings is 2. The van der Waals surface area contributed by atoms with Crippen molar-refractivity contribution in [1.29, 1.82) is 0 Å². The molecule has 1 N–H and O–H groups in total. The molecule has 0 unspecified atom stereocenters. The molecule has 7 nitrogen and oxygen atoms in total. The Morgan fingerprint density at radius 3 is 2.38 bits per heavy atom. The van der Waals surface area contributed by atoms with Gasteiger partial charge >= 0.3 is 0 Å². The van der Waals surface area contributed by atoms with Crippen molar-refractivity contribution >= 4 is 16.9 Å². The summed E-state index contributed by atoms with van der Waals surface area (Å²) in [6.07, 6.45) is 2.78. The Morgan fingerprint density at radius 2 is 1.69 bits per heavy atom. The Hall–Kier alpha value is -3.74. The van der Waals surface area contributed by atoms with E-state index in [4.69, 9.17) is 0 Å². The normalized spacial score (nSPS) is 11.0. The molecule has 0 aliphatic rings. The predicted octanol–water partition coefficient (Wildman–Crippen LogP) is 3.20. The van der Waals surface area contributed by atoms with E-state index in [2.05, 4.69) is 15.5 Å². The molecule has 0 saturated carbocycles. The topological polar surface area (TPSA) is 81.8 Å². The molecule has 2 aromatic carbocycles. The van der Waals surface area contributed by atoms with E-state index in [9.17, 15) is 9.59 Å². The number of aryl methyl sites for hydroxylation is 4. The fourth-order valence-corrected chi connectivity index (χ4v) is 3.32. The van der Waals surface area contributed by atoms with Gasteiger partial charge in [0.1, 0.15) is 11.7 Å². The SMILES string of the molecule is Cc1cc(C)cc(C(=O)Nn2cnc3c(cnn3-c3ccc(C)c(C)c3)c2=O)c1. The summed E-state index contributed by atoms with van der Waals surface area (Å²) >= 11 is 0. The van der Waals surface area contributed by atoms with Crippen molar-refractivity contribution in [2.75, 3.05) is 5.43 Å². The molecule has 4 rings (SSSR count). The van der Waals surface area contributed by atoms with E-state index in [0.29, 0.717) is 16.6 Å². The largest absolute Gasteiger partial charge is 0.283 e. The standard InChI is InChI=1S/C22H21N5O2/c1-13-7-14(2)9-17(8-13)21(28)25-26-12-23-20-19(22(26)29)11-24-27(20)18-6-5-15(3)16(4)10-18/h5-12H,1-4H3,(H,25,28). The number of amides is 1. The van der Waals surface area contributed by atoms with Crippen molar-refractivity contribution in [2.45, 2.75) is 27.7 Å². The van der Waals surface area contributed by atoms with Crippen LogP contribution in [0.4, 0.5) is 0 Å². The van der Waals surface area contributed by atoms with Crippen molar-refractivity contribution in [3.8, 4) is 5.69 Å². The number of hydrogen-bond acceptors (Lipinski definition) is 4. The number of nitrogens with one attached hydrogen (secondary N) is 1. The second kappa shape index (κ2) is 7.01. The van der Waals surface area contributed by atoms with Crippen LogP contribution < -0.4 is 11.0 Å². The maximum atomic E-state index is 12.8.